The van der Waals surface area contributed by atoms with E-state index in [1.807, 2.05) is 0 Å². The minimum Gasteiger partial charge on any atom is -0.376 e. The van der Waals surface area contributed by atoms with E-state index in [0.29, 0.717) is 29.9 Å². The van der Waals surface area contributed by atoms with Gasteiger partial charge in [-0.1, -0.05) is 18.2 Å². The van der Waals surface area contributed by atoms with Gasteiger partial charge in [0.25, 0.3) is 5.91 Å². The van der Waals surface area contributed by atoms with E-state index in [0.717, 1.165) is 19.4 Å². The largest absolute Gasteiger partial charge is 0.376 e. The monoisotopic (exact) mass is 345 g/mol. The molecule has 0 aromatic heterocycles. The molecule has 1 N–H and O–H groups in total. The van der Waals surface area contributed by atoms with Crippen LogP contribution in [0.3, 0.4) is 0 Å². The Morgan fingerprint density at radius 2 is 2.12 bits per heavy atom. The van der Waals surface area contributed by atoms with Gasteiger partial charge in [0.05, 0.1) is 30.0 Å². The fourth-order valence-corrected chi connectivity index (χ4v) is 3.75. The fraction of sp³-hybridized carbons (Fsp3) is 0.444. The predicted molar refractivity (Wildman–Crippen MR) is 88.0 cm³/mol. The van der Waals surface area contributed by atoms with E-state index in [1.165, 1.54) is 11.0 Å². The van der Waals surface area contributed by atoms with Gasteiger partial charge in [-0.25, -0.2) is 9.18 Å². The van der Waals surface area contributed by atoms with E-state index >= 15 is 0 Å². The number of carbonyl (C=O) groups excluding carboxylic acids is 2. The zero-order valence-corrected chi connectivity index (χ0v) is 14.0. The number of likely N-dealkylation sites (N-methyl/N-ethyl adjacent to an activating group) is 1. The summed E-state index contributed by atoms with van der Waals surface area (Å²) in [7, 11) is 1.63. The minimum absolute atomic E-state index is 0.0335. The molecule has 0 saturated carbocycles. The quantitative estimate of drug-likeness (QED) is 0.909. The molecule has 132 valence electrons. The van der Waals surface area contributed by atoms with Crippen LogP contribution in [0.2, 0.25) is 0 Å². The van der Waals surface area contributed by atoms with Crippen LogP contribution >= 0.6 is 0 Å². The summed E-state index contributed by atoms with van der Waals surface area (Å²) in [6, 6.07) is 5.13. The van der Waals surface area contributed by atoms with Crippen LogP contribution < -0.4 is 5.32 Å². The van der Waals surface area contributed by atoms with Gasteiger partial charge in [-0.2, -0.15) is 0 Å². The van der Waals surface area contributed by atoms with Gasteiger partial charge in [0.15, 0.2) is 0 Å². The second kappa shape index (κ2) is 6.15. The van der Waals surface area contributed by atoms with Crippen molar-refractivity contribution in [3.05, 3.63) is 46.9 Å². The number of ether oxygens (including phenoxy) is 1. The van der Waals surface area contributed by atoms with Crippen LogP contribution in [0.5, 0.6) is 0 Å². The van der Waals surface area contributed by atoms with Gasteiger partial charge in [-0.3, -0.25) is 9.69 Å². The van der Waals surface area contributed by atoms with Crippen LogP contribution in [-0.4, -0.2) is 54.6 Å². The summed E-state index contributed by atoms with van der Waals surface area (Å²) >= 11 is 0. The maximum atomic E-state index is 14.3. The summed E-state index contributed by atoms with van der Waals surface area (Å²) in [5.41, 5.74) is 1.40. The summed E-state index contributed by atoms with van der Waals surface area (Å²) in [4.78, 5) is 28.4. The first-order valence-electron chi connectivity index (χ1n) is 8.49. The Morgan fingerprint density at radius 1 is 1.32 bits per heavy atom. The first kappa shape index (κ1) is 16.1. The van der Waals surface area contributed by atoms with Crippen molar-refractivity contribution in [2.75, 3.05) is 26.7 Å². The molecule has 0 unspecified atom stereocenters. The molecule has 6 nitrogen and oxygen atoms in total. The van der Waals surface area contributed by atoms with Gasteiger partial charge in [0, 0.05) is 25.8 Å². The molecule has 0 aliphatic carbocycles. The zero-order chi connectivity index (χ0) is 17.6. The molecule has 3 aliphatic rings. The van der Waals surface area contributed by atoms with Crippen molar-refractivity contribution >= 4 is 11.9 Å². The van der Waals surface area contributed by atoms with Crippen LogP contribution in [0, 0.1) is 5.82 Å². The van der Waals surface area contributed by atoms with Gasteiger partial charge in [-0.05, 0) is 18.9 Å². The third-order valence-corrected chi connectivity index (χ3v) is 5.10. The van der Waals surface area contributed by atoms with Gasteiger partial charge < -0.3 is 15.0 Å². The summed E-state index contributed by atoms with van der Waals surface area (Å²) in [5, 5.41) is 2.75. The number of nitrogens with one attached hydrogen (secondary N) is 1. The van der Waals surface area contributed by atoms with Gasteiger partial charge in [0.2, 0.25) is 0 Å². The summed E-state index contributed by atoms with van der Waals surface area (Å²) in [5.74, 6) is -0.597. The number of hydrogen-bond donors (Lipinski definition) is 1. The van der Waals surface area contributed by atoms with Gasteiger partial charge >= 0.3 is 6.03 Å². The Kier molecular flexibility index (Phi) is 3.95. The molecule has 4 rings (SSSR count). The van der Waals surface area contributed by atoms with Crippen LogP contribution in [0.15, 0.2) is 35.5 Å². The number of amides is 3. The number of rotatable bonds is 3. The van der Waals surface area contributed by atoms with Crippen molar-refractivity contribution < 1.29 is 18.7 Å². The number of urea groups is 1. The van der Waals surface area contributed by atoms with E-state index in [-0.39, 0.29) is 18.0 Å². The molecule has 1 saturated heterocycles. The summed E-state index contributed by atoms with van der Waals surface area (Å²) < 4.78 is 19.9. The van der Waals surface area contributed by atoms with Crippen LogP contribution in [0.25, 0.3) is 0 Å². The molecule has 25 heavy (non-hydrogen) atoms. The highest BCUT2D eigenvalue weighted by atomic mass is 19.1. The molecule has 0 spiro atoms. The molecular weight excluding hydrogens is 325 g/mol. The number of hydrogen-bond acceptors (Lipinski definition) is 3. The van der Waals surface area contributed by atoms with Crippen molar-refractivity contribution in [1.29, 1.82) is 0 Å². The average molecular weight is 345 g/mol. The van der Waals surface area contributed by atoms with Crippen molar-refractivity contribution in [1.82, 2.24) is 15.1 Å². The number of nitrogens with zero attached hydrogens (tertiary/aromatic N) is 2. The Balaban J connectivity index is 1.67. The first-order chi connectivity index (χ1) is 12.1. The maximum absolute atomic E-state index is 14.3. The van der Waals surface area contributed by atoms with E-state index in [1.54, 1.807) is 30.1 Å². The number of benzene rings is 1. The highest BCUT2D eigenvalue weighted by Gasteiger charge is 2.44. The summed E-state index contributed by atoms with van der Waals surface area (Å²) in [6.07, 6.45) is 1.96. The molecule has 1 aromatic carbocycles. The second-order valence-corrected chi connectivity index (χ2v) is 6.64. The molecule has 2 atom stereocenters. The molecule has 3 heterocycles. The Bertz CT molecular complexity index is 758. The highest BCUT2D eigenvalue weighted by molar-refractivity contribution is 6.01. The van der Waals surface area contributed by atoms with Crippen LogP contribution in [0.1, 0.15) is 24.4 Å². The van der Waals surface area contributed by atoms with Crippen LogP contribution in [-0.2, 0) is 9.53 Å². The van der Waals surface area contributed by atoms with Crippen LogP contribution in [0.4, 0.5) is 9.18 Å². The molecular formula is C18H20FN3O3. The zero-order valence-electron chi connectivity index (χ0n) is 14.0. The lowest BCUT2D eigenvalue weighted by Gasteiger charge is -2.31. The van der Waals surface area contributed by atoms with E-state index in [9.17, 15) is 14.0 Å². The molecule has 0 bridgehead atoms. The standard InChI is InChI=1S/C18H20FN3O3/c1-21-14-10-22(9-11-5-4-8-25-11)17(23)15(14)16(20-18(21)24)12-6-2-3-7-13(12)19/h2-3,6-7,11,16H,4-5,8-10H2,1H3,(H,20,24)/t11-,16-/m0/s1. The van der Waals surface area contributed by atoms with Gasteiger partial charge in [0.1, 0.15) is 5.82 Å². The van der Waals surface area contributed by atoms with E-state index < -0.39 is 11.9 Å². The number of carbonyl (C=O) groups is 2. The molecule has 1 fully saturated rings. The van der Waals surface area contributed by atoms with Crippen molar-refractivity contribution in [3.8, 4) is 0 Å². The molecule has 3 amide bonds. The van der Waals surface area contributed by atoms with Crippen molar-refractivity contribution in [2.24, 2.45) is 0 Å². The SMILES string of the molecule is CN1C(=O)N[C@@H](c2ccccc2F)C2=C1CN(C[C@@H]1CCCO1)C2=O. The topological polar surface area (TPSA) is 61.9 Å². The van der Waals surface area contributed by atoms with E-state index in [4.69, 9.17) is 4.74 Å². The van der Waals surface area contributed by atoms with Crippen molar-refractivity contribution in [3.63, 3.8) is 0 Å². The van der Waals surface area contributed by atoms with E-state index in [2.05, 4.69) is 5.32 Å². The third kappa shape index (κ3) is 2.68. The van der Waals surface area contributed by atoms with Gasteiger partial charge in [-0.15, -0.1) is 0 Å². The minimum atomic E-state index is -0.762. The third-order valence-electron chi connectivity index (χ3n) is 5.10. The molecule has 1 aromatic rings. The molecule has 3 aliphatic heterocycles. The fourth-order valence-electron chi connectivity index (χ4n) is 3.75. The first-order valence-corrected chi connectivity index (χ1v) is 8.49. The average Bonchev–Trinajstić information content (AvgIpc) is 3.21. The smallest absolute Gasteiger partial charge is 0.322 e. The second-order valence-electron chi connectivity index (χ2n) is 6.64. The van der Waals surface area contributed by atoms with Crippen molar-refractivity contribution in [2.45, 2.75) is 25.0 Å². The lowest BCUT2D eigenvalue weighted by Crippen LogP contribution is -2.45. The Hall–Kier alpha value is -2.41. The maximum Gasteiger partial charge on any atom is 0.322 e. The molecule has 7 heteroatoms. The lowest BCUT2D eigenvalue weighted by molar-refractivity contribution is -0.127. The number of halogens is 1. The highest BCUT2D eigenvalue weighted by Crippen LogP contribution is 2.36. The summed E-state index contributed by atoms with van der Waals surface area (Å²) in [6.45, 7) is 1.57. The molecule has 0 radical (unpaired) electrons. The Labute approximate surface area is 145 Å². The lowest BCUT2D eigenvalue weighted by atomic mass is 9.95. The predicted octanol–water partition coefficient (Wildman–Crippen LogP) is 1.80. The normalized spacial score (nSPS) is 26.3. The Morgan fingerprint density at radius 3 is 2.84 bits per heavy atom.